The number of rotatable bonds is 8. The van der Waals surface area contributed by atoms with Crippen LogP contribution in [0.2, 0.25) is 0 Å². The normalized spacial score (nSPS) is 26.5. The first-order chi connectivity index (χ1) is 16.3. The predicted octanol–water partition coefficient (Wildman–Crippen LogP) is 5.54. The van der Waals surface area contributed by atoms with Gasteiger partial charge in [0, 0.05) is 24.7 Å². The summed E-state index contributed by atoms with van der Waals surface area (Å²) < 4.78 is 16.6. The summed E-state index contributed by atoms with van der Waals surface area (Å²) in [5.74, 6) is 1.14. The molecule has 35 heavy (non-hydrogen) atoms. The van der Waals surface area contributed by atoms with Crippen molar-refractivity contribution in [3.05, 3.63) is 47.2 Å². The van der Waals surface area contributed by atoms with Gasteiger partial charge in [-0.3, -0.25) is 9.80 Å². The van der Waals surface area contributed by atoms with Gasteiger partial charge in [-0.2, -0.15) is 5.10 Å². The topological polar surface area (TPSA) is 67.4 Å². The number of halogens is 1. The molecule has 6 nitrogen and oxygen atoms in total. The van der Waals surface area contributed by atoms with Crippen molar-refractivity contribution in [1.82, 2.24) is 14.7 Å². The molecule has 2 aliphatic carbocycles. The fourth-order valence-corrected chi connectivity index (χ4v) is 5.69. The average molecular weight is 502 g/mol. The molecule has 2 aliphatic rings. The Balaban J connectivity index is 1.59. The van der Waals surface area contributed by atoms with E-state index >= 15 is 0 Å². The maximum absolute atomic E-state index is 14.8. The summed E-state index contributed by atoms with van der Waals surface area (Å²) in [6.07, 6.45) is 6.18. The van der Waals surface area contributed by atoms with Gasteiger partial charge in [0.05, 0.1) is 0 Å². The Hall–Kier alpha value is -1.98. The number of carbonyl (C=O) groups is 1. The number of urea groups is 1. The maximum Gasteiger partial charge on any atom is 0.320 e. The molecule has 1 heterocycles. The summed E-state index contributed by atoms with van der Waals surface area (Å²) in [5, 5.41) is 2.87. The highest BCUT2D eigenvalue weighted by atomic mass is 31.0. The molecule has 0 aliphatic heterocycles. The van der Waals surface area contributed by atoms with Gasteiger partial charge in [-0.1, -0.05) is 46.0 Å². The molecule has 0 radical (unpaired) electrons. The standard InChI is InChI=1S/C27H41FN5OP/c1-19-7-6-8-21(15-19)27(31(4)5)13-11-25(2,12-14-27)18-32(24(29)34)23-16-22(26(3,28)35)30-33(23)17-20-9-10-20/h6-8,15-16,20H,9-14,17-18,35H2,1-5H3,(H2,29,34). The van der Waals surface area contributed by atoms with Crippen LogP contribution < -0.4 is 10.6 Å². The first-order valence-corrected chi connectivity index (χ1v) is 13.3. The largest absolute Gasteiger partial charge is 0.351 e. The summed E-state index contributed by atoms with van der Waals surface area (Å²) in [6, 6.07) is 10.0. The van der Waals surface area contributed by atoms with E-state index in [0.717, 1.165) is 38.5 Å². The molecule has 2 unspecified atom stereocenters. The van der Waals surface area contributed by atoms with Crippen molar-refractivity contribution in [3.63, 3.8) is 0 Å². The number of amides is 2. The zero-order chi connectivity index (χ0) is 25.6. The van der Waals surface area contributed by atoms with Gasteiger partial charge < -0.3 is 5.73 Å². The Labute approximate surface area is 211 Å². The predicted molar refractivity (Wildman–Crippen MR) is 143 cm³/mol. The van der Waals surface area contributed by atoms with E-state index in [9.17, 15) is 9.18 Å². The lowest BCUT2D eigenvalue weighted by molar-refractivity contribution is 0.0458. The van der Waals surface area contributed by atoms with Gasteiger partial charge in [0.2, 0.25) is 0 Å². The highest BCUT2D eigenvalue weighted by Crippen LogP contribution is 2.49. The van der Waals surface area contributed by atoms with Crippen LogP contribution in [0.3, 0.4) is 0 Å². The lowest BCUT2D eigenvalue weighted by Gasteiger charge is -2.50. The summed E-state index contributed by atoms with van der Waals surface area (Å²) in [7, 11) is 6.53. The van der Waals surface area contributed by atoms with Gasteiger partial charge in [-0.05, 0) is 83.4 Å². The van der Waals surface area contributed by atoms with Crippen molar-refractivity contribution >= 4 is 21.1 Å². The molecule has 2 saturated carbocycles. The summed E-state index contributed by atoms with van der Waals surface area (Å²) >= 11 is 0. The molecule has 0 bridgehead atoms. The first-order valence-electron chi connectivity index (χ1n) is 12.7. The number of nitrogens with two attached hydrogens (primary N) is 1. The molecule has 192 valence electrons. The van der Waals surface area contributed by atoms with Gasteiger partial charge in [0.1, 0.15) is 11.5 Å². The minimum absolute atomic E-state index is 0.0283. The van der Waals surface area contributed by atoms with E-state index in [-0.39, 0.29) is 11.0 Å². The van der Waals surface area contributed by atoms with Crippen LogP contribution in [0, 0.1) is 18.3 Å². The van der Waals surface area contributed by atoms with E-state index in [4.69, 9.17) is 5.73 Å². The molecule has 1 aromatic carbocycles. The molecule has 2 N–H and O–H groups in total. The summed E-state index contributed by atoms with van der Waals surface area (Å²) in [5.41, 5.74) is 8.73. The highest BCUT2D eigenvalue weighted by molar-refractivity contribution is 7.18. The molecule has 0 saturated heterocycles. The molecule has 2 fully saturated rings. The molecule has 1 aromatic heterocycles. The average Bonchev–Trinajstić information content (AvgIpc) is 3.48. The monoisotopic (exact) mass is 501 g/mol. The molecular weight excluding hydrogens is 460 g/mol. The molecule has 2 amide bonds. The fraction of sp³-hybridized carbons (Fsp3) is 0.630. The minimum Gasteiger partial charge on any atom is -0.351 e. The molecule has 8 heteroatoms. The Morgan fingerprint density at radius 2 is 1.91 bits per heavy atom. The van der Waals surface area contributed by atoms with Crippen molar-refractivity contribution in [1.29, 1.82) is 0 Å². The summed E-state index contributed by atoms with van der Waals surface area (Å²) in [6.45, 7) is 7.04. The number of aryl methyl sites for hydroxylation is 1. The van der Waals surface area contributed by atoms with Crippen LogP contribution in [-0.2, 0) is 17.5 Å². The number of carbonyl (C=O) groups excluding carboxylic acids is 1. The van der Waals surface area contributed by atoms with Crippen LogP contribution in [0.25, 0.3) is 0 Å². The number of alkyl halides is 1. The number of benzene rings is 1. The van der Waals surface area contributed by atoms with E-state index in [2.05, 4.69) is 71.4 Å². The van der Waals surface area contributed by atoms with Crippen LogP contribution in [0.5, 0.6) is 0 Å². The summed E-state index contributed by atoms with van der Waals surface area (Å²) in [4.78, 5) is 16.7. The Morgan fingerprint density at radius 3 is 2.43 bits per heavy atom. The Morgan fingerprint density at radius 1 is 1.26 bits per heavy atom. The third-order valence-corrected chi connectivity index (χ3v) is 8.46. The van der Waals surface area contributed by atoms with E-state index < -0.39 is 11.4 Å². The van der Waals surface area contributed by atoms with Crippen LogP contribution in [0.4, 0.5) is 15.0 Å². The van der Waals surface area contributed by atoms with Crippen molar-refractivity contribution in [2.45, 2.75) is 76.8 Å². The van der Waals surface area contributed by atoms with E-state index in [1.807, 2.05) is 0 Å². The number of hydrogen-bond acceptors (Lipinski definition) is 3. The molecule has 4 rings (SSSR count). The van der Waals surface area contributed by atoms with Crippen LogP contribution in [0.1, 0.15) is 69.2 Å². The third-order valence-electron chi connectivity index (χ3n) is 8.17. The van der Waals surface area contributed by atoms with Crippen LogP contribution in [0.15, 0.2) is 30.3 Å². The lowest BCUT2D eigenvalue weighted by Crippen LogP contribution is -2.50. The zero-order valence-electron chi connectivity index (χ0n) is 21.9. The number of nitrogens with zero attached hydrogens (tertiary/aromatic N) is 4. The lowest BCUT2D eigenvalue weighted by atomic mass is 9.65. The van der Waals surface area contributed by atoms with E-state index in [0.29, 0.717) is 30.5 Å². The van der Waals surface area contributed by atoms with Crippen molar-refractivity contribution in [3.8, 4) is 0 Å². The molecule has 2 atom stereocenters. The number of aromatic nitrogens is 2. The van der Waals surface area contributed by atoms with Crippen molar-refractivity contribution < 1.29 is 9.18 Å². The quantitative estimate of drug-likeness (QED) is 0.483. The number of hydrogen-bond donors (Lipinski definition) is 1. The van der Waals surface area contributed by atoms with Crippen molar-refractivity contribution in [2.24, 2.45) is 17.1 Å². The van der Waals surface area contributed by atoms with E-state index in [1.165, 1.54) is 18.1 Å². The molecular formula is C27H41FN5OP. The first kappa shape index (κ1) is 26.1. The molecule has 0 spiro atoms. The number of primary amides is 1. The minimum atomic E-state index is -1.67. The smallest absolute Gasteiger partial charge is 0.320 e. The SMILES string of the molecule is Cc1cccc(C2(N(C)C)CCC(C)(CN(C(N)=O)c3cc(C(C)(F)P)nn3CC3CC3)CC2)c1. The van der Waals surface area contributed by atoms with Gasteiger partial charge in [0.15, 0.2) is 5.41 Å². The Kier molecular flexibility index (Phi) is 7.07. The van der Waals surface area contributed by atoms with Gasteiger partial charge in [0.25, 0.3) is 0 Å². The number of anilines is 1. The second kappa shape index (κ2) is 9.48. The highest BCUT2D eigenvalue weighted by Gasteiger charge is 2.44. The van der Waals surface area contributed by atoms with Crippen LogP contribution in [-0.4, -0.2) is 41.4 Å². The van der Waals surface area contributed by atoms with Gasteiger partial charge >= 0.3 is 6.03 Å². The third kappa shape index (κ3) is 5.56. The van der Waals surface area contributed by atoms with Gasteiger partial charge in [-0.15, -0.1) is 0 Å². The van der Waals surface area contributed by atoms with E-state index in [1.54, 1.807) is 15.6 Å². The maximum atomic E-state index is 14.8. The molecule has 2 aromatic rings. The zero-order valence-corrected chi connectivity index (χ0v) is 23.0. The fourth-order valence-electron chi connectivity index (χ4n) is 5.55. The Bertz CT molecular complexity index is 1060. The second-order valence-corrected chi connectivity index (χ2v) is 12.7. The van der Waals surface area contributed by atoms with Gasteiger partial charge in [-0.25, -0.2) is 13.9 Å². The van der Waals surface area contributed by atoms with Crippen LogP contribution >= 0.6 is 9.24 Å². The second-order valence-electron chi connectivity index (χ2n) is 11.6. The van der Waals surface area contributed by atoms with Crippen molar-refractivity contribution in [2.75, 3.05) is 25.5 Å².